The molecule has 1 unspecified atom stereocenters. The highest BCUT2D eigenvalue weighted by molar-refractivity contribution is 5.16. The summed E-state index contributed by atoms with van der Waals surface area (Å²) in [7, 11) is 0. The summed E-state index contributed by atoms with van der Waals surface area (Å²) in [5, 5.41) is 0. The number of hydrogen-bond donors (Lipinski definition) is 0. The van der Waals surface area contributed by atoms with Crippen LogP contribution < -0.4 is 0 Å². The van der Waals surface area contributed by atoms with Crippen molar-refractivity contribution in [2.75, 3.05) is 6.61 Å². The zero-order chi connectivity index (χ0) is 12.1. The Balaban J connectivity index is 1.66. The van der Waals surface area contributed by atoms with Crippen molar-refractivity contribution >= 4 is 0 Å². The first kappa shape index (κ1) is 11.7. The highest BCUT2D eigenvalue weighted by atomic mass is 16.6. The average molecular weight is 236 g/mol. The molecule has 3 rings (SSSR count). The summed E-state index contributed by atoms with van der Waals surface area (Å²) in [6.45, 7) is 7.60. The number of hydrogen-bond acceptors (Lipinski definition) is 2. The lowest BCUT2D eigenvalue weighted by Gasteiger charge is -2.32. The fraction of sp³-hybridized carbons (Fsp3) is 0.867. The van der Waals surface area contributed by atoms with Crippen molar-refractivity contribution in [2.24, 2.45) is 5.92 Å². The molecule has 0 N–H and O–H groups in total. The molecule has 0 amide bonds. The molecule has 4 atom stereocenters. The highest BCUT2D eigenvalue weighted by Gasteiger charge is 2.67. The third kappa shape index (κ3) is 1.96. The molecular weight excluding hydrogens is 212 g/mol. The van der Waals surface area contributed by atoms with Gasteiger partial charge in [0.25, 0.3) is 0 Å². The smallest absolute Gasteiger partial charge is 0.0979 e. The Labute approximate surface area is 104 Å². The van der Waals surface area contributed by atoms with Crippen LogP contribution in [0.15, 0.2) is 11.6 Å². The summed E-state index contributed by atoms with van der Waals surface area (Å²) < 4.78 is 11.8. The van der Waals surface area contributed by atoms with E-state index < -0.39 is 0 Å². The zero-order valence-electron chi connectivity index (χ0n) is 11.3. The molecule has 1 saturated carbocycles. The van der Waals surface area contributed by atoms with Crippen LogP contribution in [0.3, 0.4) is 0 Å². The largest absolute Gasteiger partial charge is 0.369 e. The molecule has 2 heteroatoms. The van der Waals surface area contributed by atoms with Crippen LogP contribution in [0.25, 0.3) is 0 Å². The maximum atomic E-state index is 6.05. The van der Waals surface area contributed by atoms with E-state index in [0.717, 1.165) is 13.0 Å². The molecule has 3 fully saturated rings. The summed E-state index contributed by atoms with van der Waals surface area (Å²) in [5.74, 6) is 0.638. The molecule has 1 spiro atoms. The van der Waals surface area contributed by atoms with E-state index in [2.05, 4.69) is 26.8 Å². The predicted octanol–water partition coefficient (Wildman–Crippen LogP) is 3.46. The minimum Gasteiger partial charge on any atom is -0.369 e. The third-order valence-electron chi connectivity index (χ3n) is 4.90. The van der Waals surface area contributed by atoms with Crippen LogP contribution in [0.2, 0.25) is 0 Å². The van der Waals surface area contributed by atoms with Gasteiger partial charge in [0.05, 0.1) is 23.9 Å². The summed E-state index contributed by atoms with van der Waals surface area (Å²) in [5.41, 5.74) is 1.71. The molecule has 2 saturated heterocycles. The van der Waals surface area contributed by atoms with Gasteiger partial charge in [-0.2, -0.15) is 0 Å². The number of allylic oxidation sites excluding steroid dienone is 1. The molecular formula is C15H24O2. The predicted molar refractivity (Wildman–Crippen MR) is 68.0 cm³/mol. The Morgan fingerprint density at radius 2 is 2.12 bits per heavy atom. The second-order valence-electron chi connectivity index (χ2n) is 6.46. The van der Waals surface area contributed by atoms with E-state index in [4.69, 9.17) is 9.47 Å². The van der Waals surface area contributed by atoms with E-state index in [1.54, 1.807) is 0 Å². The van der Waals surface area contributed by atoms with Gasteiger partial charge < -0.3 is 9.47 Å². The molecule has 0 aromatic rings. The van der Waals surface area contributed by atoms with Gasteiger partial charge in [-0.1, -0.05) is 24.5 Å². The fourth-order valence-corrected chi connectivity index (χ4v) is 3.66. The van der Waals surface area contributed by atoms with Gasteiger partial charge >= 0.3 is 0 Å². The van der Waals surface area contributed by atoms with Gasteiger partial charge in [0.2, 0.25) is 0 Å². The zero-order valence-corrected chi connectivity index (χ0v) is 11.3. The molecule has 0 aromatic carbocycles. The Morgan fingerprint density at radius 1 is 1.35 bits per heavy atom. The van der Waals surface area contributed by atoms with E-state index in [-0.39, 0.29) is 11.2 Å². The maximum Gasteiger partial charge on any atom is 0.0979 e. The molecule has 2 aliphatic heterocycles. The van der Waals surface area contributed by atoms with E-state index in [0.29, 0.717) is 12.0 Å². The van der Waals surface area contributed by atoms with E-state index in [1.165, 1.54) is 31.3 Å². The lowest BCUT2D eigenvalue weighted by Crippen LogP contribution is -2.39. The second-order valence-corrected chi connectivity index (χ2v) is 6.46. The lowest BCUT2D eigenvalue weighted by atomic mass is 9.71. The first-order valence-electron chi connectivity index (χ1n) is 7.02. The molecule has 0 aromatic heterocycles. The minimum atomic E-state index is 0.100. The van der Waals surface area contributed by atoms with Gasteiger partial charge in [-0.15, -0.1) is 0 Å². The topological polar surface area (TPSA) is 25.1 Å². The molecule has 2 heterocycles. The first-order chi connectivity index (χ1) is 8.07. The third-order valence-corrected chi connectivity index (χ3v) is 4.90. The van der Waals surface area contributed by atoms with Gasteiger partial charge in [0, 0.05) is 5.92 Å². The van der Waals surface area contributed by atoms with E-state index >= 15 is 0 Å². The molecule has 17 heavy (non-hydrogen) atoms. The van der Waals surface area contributed by atoms with Crippen molar-refractivity contribution < 1.29 is 9.47 Å². The Morgan fingerprint density at radius 3 is 2.76 bits per heavy atom. The minimum absolute atomic E-state index is 0.100. The first-order valence-corrected chi connectivity index (χ1v) is 7.02. The summed E-state index contributed by atoms with van der Waals surface area (Å²) in [6, 6.07) is 0. The Hall–Kier alpha value is -0.340. The SMILES string of the molecule is CC(C)=CCC1O[C@]1(C)[C@H]1CCCC[C@]12CO2. The van der Waals surface area contributed by atoms with E-state index in [1.807, 2.05) is 0 Å². The van der Waals surface area contributed by atoms with E-state index in [9.17, 15) is 0 Å². The van der Waals surface area contributed by atoms with Crippen molar-refractivity contribution in [1.82, 2.24) is 0 Å². The quantitative estimate of drug-likeness (QED) is 0.554. The Kier molecular flexibility index (Phi) is 2.64. The Bertz CT molecular complexity index is 339. The number of epoxide rings is 2. The summed E-state index contributed by atoms with van der Waals surface area (Å²) >= 11 is 0. The van der Waals surface area contributed by atoms with Crippen molar-refractivity contribution in [2.45, 2.75) is 70.2 Å². The van der Waals surface area contributed by atoms with Crippen molar-refractivity contribution in [1.29, 1.82) is 0 Å². The van der Waals surface area contributed by atoms with Crippen LogP contribution in [0.5, 0.6) is 0 Å². The maximum absolute atomic E-state index is 6.05. The monoisotopic (exact) mass is 236 g/mol. The fourth-order valence-electron chi connectivity index (χ4n) is 3.66. The van der Waals surface area contributed by atoms with Gasteiger partial charge in [-0.25, -0.2) is 0 Å². The highest BCUT2D eigenvalue weighted by Crippen LogP contribution is 2.58. The van der Waals surface area contributed by atoms with Crippen molar-refractivity contribution in [3.63, 3.8) is 0 Å². The average Bonchev–Trinajstić information content (AvgIpc) is 3.17. The van der Waals surface area contributed by atoms with Crippen LogP contribution >= 0.6 is 0 Å². The van der Waals surface area contributed by atoms with Gasteiger partial charge in [-0.3, -0.25) is 0 Å². The molecule has 3 aliphatic rings. The van der Waals surface area contributed by atoms with Crippen LogP contribution in [-0.4, -0.2) is 23.9 Å². The standard InChI is InChI=1S/C15H24O2/c1-11(2)7-8-13-14(3,17-13)12-6-4-5-9-15(12)10-16-15/h7,12-13H,4-6,8-10H2,1-3H3/t12-,13?,14-,15+/m1/s1. The molecule has 2 nitrogen and oxygen atoms in total. The molecule has 0 bridgehead atoms. The lowest BCUT2D eigenvalue weighted by molar-refractivity contribution is 0.0886. The summed E-state index contributed by atoms with van der Waals surface area (Å²) in [4.78, 5) is 0. The van der Waals surface area contributed by atoms with Crippen LogP contribution in [0.4, 0.5) is 0 Å². The van der Waals surface area contributed by atoms with Gasteiger partial charge in [0.15, 0.2) is 0 Å². The van der Waals surface area contributed by atoms with Gasteiger partial charge in [-0.05, 0) is 40.0 Å². The van der Waals surface area contributed by atoms with Gasteiger partial charge in [0.1, 0.15) is 0 Å². The van der Waals surface area contributed by atoms with Crippen LogP contribution in [-0.2, 0) is 9.47 Å². The number of rotatable bonds is 3. The van der Waals surface area contributed by atoms with Crippen molar-refractivity contribution in [3.05, 3.63) is 11.6 Å². The van der Waals surface area contributed by atoms with Crippen molar-refractivity contribution in [3.8, 4) is 0 Å². The molecule has 1 aliphatic carbocycles. The van der Waals surface area contributed by atoms with Crippen LogP contribution in [0, 0.1) is 5.92 Å². The summed E-state index contributed by atoms with van der Waals surface area (Å²) in [6.07, 6.45) is 9.05. The normalized spacial score (nSPS) is 47.9. The second kappa shape index (κ2) is 3.83. The van der Waals surface area contributed by atoms with Crippen LogP contribution in [0.1, 0.15) is 52.9 Å². The molecule has 96 valence electrons. The molecule has 0 radical (unpaired) electrons. The number of ether oxygens (including phenoxy) is 2.